The van der Waals surface area contributed by atoms with Crippen LogP contribution < -0.4 is 5.32 Å². The van der Waals surface area contributed by atoms with Gasteiger partial charge in [0.25, 0.3) is 0 Å². The van der Waals surface area contributed by atoms with E-state index in [1.807, 2.05) is 0 Å². The van der Waals surface area contributed by atoms with E-state index in [4.69, 9.17) is 0 Å². The second-order valence-corrected chi connectivity index (χ2v) is 5.49. The van der Waals surface area contributed by atoms with Crippen molar-refractivity contribution in [3.05, 3.63) is 0 Å². The molecule has 2 saturated carbocycles. The van der Waals surface area contributed by atoms with Crippen molar-refractivity contribution in [2.24, 2.45) is 17.8 Å². The van der Waals surface area contributed by atoms with Gasteiger partial charge in [0.2, 0.25) is 0 Å². The lowest BCUT2D eigenvalue weighted by atomic mass is 9.82. The predicted molar refractivity (Wildman–Crippen MR) is 54.9 cm³/mol. The van der Waals surface area contributed by atoms with Gasteiger partial charge in [0.05, 0.1) is 0 Å². The maximum atomic E-state index is 14.2. The van der Waals surface area contributed by atoms with Gasteiger partial charge in [0.15, 0.2) is 0 Å². The zero-order chi connectivity index (χ0) is 9.54. The van der Waals surface area contributed by atoms with Crippen LogP contribution in [0, 0.1) is 17.8 Å². The van der Waals surface area contributed by atoms with Crippen LogP contribution in [0.25, 0.3) is 0 Å². The highest BCUT2D eigenvalue weighted by molar-refractivity contribution is 4.97. The van der Waals surface area contributed by atoms with E-state index in [2.05, 4.69) is 5.32 Å². The van der Waals surface area contributed by atoms with Gasteiger partial charge in [-0.15, -0.1) is 0 Å². The molecule has 1 heterocycles. The highest BCUT2D eigenvalue weighted by Gasteiger charge is 2.45. The molecular formula is C12H20FN. The van der Waals surface area contributed by atoms with Crippen LogP contribution >= 0.6 is 0 Å². The number of hydrogen-bond donors (Lipinski definition) is 1. The Hall–Kier alpha value is -0.110. The maximum absolute atomic E-state index is 14.2. The van der Waals surface area contributed by atoms with Crippen LogP contribution in [0.3, 0.4) is 0 Å². The molecule has 0 aromatic heterocycles. The molecule has 1 N–H and O–H groups in total. The molecule has 5 unspecified atom stereocenters. The minimum atomic E-state index is -0.548. The standard InChI is InChI=1S/C12H20FN/c13-12(11-2-1-5-14-11)10-7-8-3-4-9(10)6-8/h8-12,14H,1-7H2. The number of halogens is 1. The van der Waals surface area contributed by atoms with E-state index < -0.39 is 6.17 Å². The summed E-state index contributed by atoms with van der Waals surface area (Å²) < 4.78 is 14.2. The molecular weight excluding hydrogens is 177 g/mol. The lowest BCUT2D eigenvalue weighted by Gasteiger charge is -2.28. The second-order valence-electron chi connectivity index (χ2n) is 5.49. The van der Waals surface area contributed by atoms with Crippen molar-refractivity contribution in [2.75, 3.05) is 6.54 Å². The third kappa shape index (κ3) is 1.39. The summed E-state index contributed by atoms with van der Waals surface area (Å²) in [5.74, 6) is 2.02. The van der Waals surface area contributed by atoms with Crippen LogP contribution in [0.1, 0.15) is 38.5 Å². The van der Waals surface area contributed by atoms with Crippen LogP contribution in [-0.4, -0.2) is 18.8 Å². The topological polar surface area (TPSA) is 12.0 Å². The molecule has 3 rings (SSSR count). The Labute approximate surface area is 85.5 Å². The summed E-state index contributed by atoms with van der Waals surface area (Å²) >= 11 is 0. The van der Waals surface area contributed by atoms with Gasteiger partial charge in [0.1, 0.15) is 6.17 Å². The number of alkyl halides is 1. The Morgan fingerprint density at radius 2 is 2.07 bits per heavy atom. The van der Waals surface area contributed by atoms with E-state index in [1.54, 1.807) is 0 Å². The van der Waals surface area contributed by atoms with E-state index in [1.165, 1.54) is 32.1 Å². The summed E-state index contributed by atoms with van der Waals surface area (Å²) in [6.07, 6.45) is 6.89. The molecule has 2 bridgehead atoms. The molecule has 0 spiro atoms. The molecule has 0 aromatic carbocycles. The third-order valence-electron chi connectivity index (χ3n) is 4.68. The monoisotopic (exact) mass is 197 g/mol. The number of rotatable bonds is 2. The van der Waals surface area contributed by atoms with E-state index >= 15 is 0 Å². The summed E-state index contributed by atoms with van der Waals surface area (Å²) in [5.41, 5.74) is 0. The summed E-state index contributed by atoms with van der Waals surface area (Å²) in [7, 11) is 0. The van der Waals surface area contributed by atoms with Crippen molar-refractivity contribution < 1.29 is 4.39 Å². The van der Waals surface area contributed by atoms with Crippen molar-refractivity contribution in [3.63, 3.8) is 0 Å². The summed E-state index contributed by atoms with van der Waals surface area (Å²) in [5, 5.41) is 3.32. The van der Waals surface area contributed by atoms with Crippen LogP contribution in [0.5, 0.6) is 0 Å². The smallest absolute Gasteiger partial charge is 0.118 e. The van der Waals surface area contributed by atoms with Crippen molar-refractivity contribution in [1.29, 1.82) is 0 Å². The van der Waals surface area contributed by atoms with Gasteiger partial charge in [-0.3, -0.25) is 0 Å². The van der Waals surface area contributed by atoms with Crippen molar-refractivity contribution in [2.45, 2.75) is 50.7 Å². The molecule has 2 heteroatoms. The molecule has 1 saturated heterocycles. The zero-order valence-electron chi connectivity index (χ0n) is 8.71. The number of fused-ring (bicyclic) bond motifs is 2. The molecule has 0 radical (unpaired) electrons. The SMILES string of the molecule is FC(C1CCCN1)C1CC2CCC1C2. The molecule has 3 fully saturated rings. The minimum absolute atomic E-state index is 0.194. The Morgan fingerprint density at radius 1 is 1.14 bits per heavy atom. The fourth-order valence-electron chi connectivity index (χ4n) is 3.97. The number of nitrogens with one attached hydrogen (secondary N) is 1. The van der Waals surface area contributed by atoms with E-state index in [0.29, 0.717) is 5.92 Å². The first-order valence-electron chi connectivity index (χ1n) is 6.22. The predicted octanol–water partition coefficient (Wildman–Crippen LogP) is 2.51. The maximum Gasteiger partial charge on any atom is 0.118 e. The average Bonchev–Trinajstić information content (AvgIpc) is 2.93. The van der Waals surface area contributed by atoms with Gasteiger partial charge in [-0.1, -0.05) is 6.42 Å². The van der Waals surface area contributed by atoms with Gasteiger partial charge >= 0.3 is 0 Å². The largest absolute Gasteiger partial charge is 0.311 e. The first-order chi connectivity index (χ1) is 6.84. The Bertz CT molecular complexity index is 212. The molecule has 3 aliphatic rings. The Kier molecular flexibility index (Phi) is 2.27. The van der Waals surface area contributed by atoms with Gasteiger partial charge < -0.3 is 5.32 Å². The molecule has 80 valence electrons. The third-order valence-corrected chi connectivity index (χ3v) is 4.68. The van der Waals surface area contributed by atoms with Gasteiger partial charge in [-0.2, -0.15) is 0 Å². The second kappa shape index (κ2) is 3.48. The molecule has 2 aliphatic carbocycles. The van der Waals surface area contributed by atoms with Crippen LogP contribution in [-0.2, 0) is 0 Å². The van der Waals surface area contributed by atoms with Crippen molar-refractivity contribution in [3.8, 4) is 0 Å². The number of hydrogen-bond acceptors (Lipinski definition) is 1. The fraction of sp³-hybridized carbons (Fsp3) is 1.00. The normalized spacial score (nSPS) is 48.6. The van der Waals surface area contributed by atoms with E-state index in [0.717, 1.165) is 24.8 Å². The van der Waals surface area contributed by atoms with E-state index in [9.17, 15) is 4.39 Å². The molecule has 0 aromatic rings. The Balaban J connectivity index is 1.64. The first-order valence-corrected chi connectivity index (χ1v) is 6.22. The average molecular weight is 197 g/mol. The molecule has 5 atom stereocenters. The van der Waals surface area contributed by atoms with Gasteiger partial charge in [-0.25, -0.2) is 4.39 Å². The molecule has 1 aliphatic heterocycles. The van der Waals surface area contributed by atoms with Crippen molar-refractivity contribution >= 4 is 0 Å². The quantitative estimate of drug-likeness (QED) is 0.717. The highest BCUT2D eigenvalue weighted by atomic mass is 19.1. The lowest BCUT2D eigenvalue weighted by Crippen LogP contribution is -2.38. The molecule has 0 amide bonds. The molecule has 1 nitrogen and oxygen atoms in total. The lowest BCUT2D eigenvalue weighted by molar-refractivity contribution is 0.131. The summed E-state index contributed by atoms with van der Waals surface area (Å²) in [6, 6.07) is 0.194. The zero-order valence-corrected chi connectivity index (χ0v) is 8.71. The summed E-state index contributed by atoms with van der Waals surface area (Å²) in [4.78, 5) is 0. The molecule has 14 heavy (non-hydrogen) atoms. The van der Waals surface area contributed by atoms with Gasteiger partial charge in [0, 0.05) is 6.04 Å². The Morgan fingerprint density at radius 3 is 2.64 bits per heavy atom. The van der Waals surface area contributed by atoms with E-state index in [-0.39, 0.29) is 6.04 Å². The minimum Gasteiger partial charge on any atom is -0.311 e. The summed E-state index contributed by atoms with van der Waals surface area (Å²) in [6.45, 7) is 1.03. The van der Waals surface area contributed by atoms with Crippen LogP contribution in [0.4, 0.5) is 4.39 Å². The van der Waals surface area contributed by atoms with Gasteiger partial charge in [-0.05, 0) is 56.4 Å². The van der Waals surface area contributed by atoms with Crippen molar-refractivity contribution in [1.82, 2.24) is 5.32 Å². The van der Waals surface area contributed by atoms with Crippen LogP contribution in [0.15, 0.2) is 0 Å². The highest BCUT2D eigenvalue weighted by Crippen LogP contribution is 2.50. The van der Waals surface area contributed by atoms with Crippen LogP contribution in [0.2, 0.25) is 0 Å². The first kappa shape index (κ1) is 9.14. The fourth-order valence-corrected chi connectivity index (χ4v) is 3.97.